The highest BCUT2D eigenvalue weighted by Gasteiger charge is 2.20. The Balaban J connectivity index is 2.82. The summed E-state index contributed by atoms with van der Waals surface area (Å²) in [5.74, 6) is 0. The lowest BCUT2D eigenvalue weighted by Crippen LogP contribution is -2.33. The number of hydrogen-bond donors (Lipinski definition) is 2. The van der Waals surface area contributed by atoms with Crippen LogP contribution in [0.15, 0.2) is 22.0 Å². The molecule has 0 radical (unpaired) electrons. The summed E-state index contributed by atoms with van der Waals surface area (Å²) in [5.41, 5.74) is 0.538. The van der Waals surface area contributed by atoms with Crippen LogP contribution >= 0.6 is 49.9 Å². The lowest BCUT2D eigenvalue weighted by atomic mass is 9.80. The fraction of sp³-hybridized carbons (Fsp3) is 0. The van der Waals surface area contributed by atoms with Gasteiger partial charge in [-0.2, -0.15) is 0 Å². The molecule has 0 fully saturated rings. The first-order valence-corrected chi connectivity index (χ1v) is 6.57. The van der Waals surface area contributed by atoms with Crippen molar-refractivity contribution in [3.8, 4) is 0 Å². The molecule has 72 valence electrons. The highest BCUT2D eigenvalue weighted by atomic mass is 127. The molecular weight excluding hydrogens is 378 g/mol. The minimum absolute atomic E-state index is 0.538. The summed E-state index contributed by atoms with van der Waals surface area (Å²) < 4.78 is 2.78. The third kappa shape index (κ3) is 1.74. The number of benzene rings is 1. The van der Waals surface area contributed by atoms with Gasteiger partial charge in [0.05, 0.1) is 0 Å². The Morgan fingerprint density at radius 1 is 1.43 bits per heavy atom. The summed E-state index contributed by atoms with van der Waals surface area (Å²) in [5, 5.41) is 21.4. The summed E-state index contributed by atoms with van der Waals surface area (Å²) in [6.45, 7) is 0. The number of hydrogen-bond acceptors (Lipinski definition) is 3. The number of fused-ring (bicyclic) bond motifs is 1. The van der Waals surface area contributed by atoms with Gasteiger partial charge in [-0.25, -0.2) is 0 Å². The molecule has 0 aliphatic heterocycles. The first-order chi connectivity index (χ1) is 6.61. The highest BCUT2D eigenvalue weighted by Crippen LogP contribution is 2.29. The van der Waals surface area contributed by atoms with E-state index in [-0.39, 0.29) is 0 Å². The van der Waals surface area contributed by atoms with Crippen LogP contribution in [0.1, 0.15) is 0 Å². The van der Waals surface area contributed by atoms with Crippen molar-refractivity contribution in [3.63, 3.8) is 0 Å². The third-order valence-electron chi connectivity index (χ3n) is 1.94. The molecule has 0 saturated heterocycles. The van der Waals surface area contributed by atoms with E-state index in [1.807, 2.05) is 17.5 Å². The van der Waals surface area contributed by atoms with Crippen LogP contribution in [0.5, 0.6) is 0 Å². The monoisotopic (exact) mass is 382 g/mol. The van der Waals surface area contributed by atoms with E-state index in [1.54, 1.807) is 11.3 Å². The maximum absolute atomic E-state index is 9.21. The van der Waals surface area contributed by atoms with Crippen molar-refractivity contribution in [1.82, 2.24) is 0 Å². The minimum Gasteiger partial charge on any atom is -0.423 e. The molecular formula is C8H5BBrIO2S. The van der Waals surface area contributed by atoms with Gasteiger partial charge in [0, 0.05) is 23.6 Å². The first kappa shape index (κ1) is 10.9. The number of halogens is 2. The normalized spacial score (nSPS) is 10.9. The van der Waals surface area contributed by atoms with Gasteiger partial charge < -0.3 is 10.0 Å². The van der Waals surface area contributed by atoms with Gasteiger partial charge in [0.1, 0.15) is 0 Å². The quantitative estimate of drug-likeness (QED) is 0.584. The van der Waals surface area contributed by atoms with Crippen molar-refractivity contribution in [2.24, 2.45) is 0 Å². The average Bonchev–Trinajstić information content (AvgIpc) is 2.50. The van der Waals surface area contributed by atoms with Crippen LogP contribution in [0.2, 0.25) is 0 Å². The molecule has 2 N–H and O–H groups in total. The van der Waals surface area contributed by atoms with E-state index in [4.69, 9.17) is 0 Å². The van der Waals surface area contributed by atoms with E-state index < -0.39 is 7.12 Å². The smallest absolute Gasteiger partial charge is 0.423 e. The molecule has 2 nitrogen and oxygen atoms in total. The third-order valence-corrected chi connectivity index (χ3v) is 4.55. The molecule has 0 spiro atoms. The lowest BCUT2D eigenvalue weighted by molar-refractivity contribution is 0.425. The van der Waals surface area contributed by atoms with Gasteiger partial charge in [-0.3, -0.25) is 0 Å². The summed E-state index contributed by atoms with van der Waals surface area (Å²) in [6, 6.07) is 3.92. The van der Waals surface area contributed by atoms with Gasteiger partial charge in [-0.05, 0) is 40.1 Å². The van der Waals surface area contributed by atoms with Crippen molar-refractivity contribution >= 4 is 72.5 Å². The van der Waals surface area contributed by atoms with Crippen LogP contribution in [-0.2, 0) is 0 Å². The molecule has 6 heteroatoms. The van der Waals surface area contributed by atoms with Crippen molar-refractivity contribution in [2.75, 3.05) is 0 Å². The molecule has 2 rings (SSSR count). The van der Waals surface area contributed by atoms with E-state index in [9.17, 15) is 10.0 Å². The van der Waals surface area contributed by atoms with Gasteiger partial charge in [-0.15, -0.1) is 11.3 Å². The van der Waals surface area contributed by atoms with Gasteiger partial charge in [-0.1, -0.05) is 15.9 Å². The van der Waals surface area contributed by atoms with Crippen molar-refractivity contribution in [2.45, 2.75) is 0 Å². The summed E-state index contributed by atoms with van der Waals surface area (Å²) in [4.78, 5) is 0. The van der Waals surface area contributed by atoms with Crippen LogP contribution < -0.4 is 5.46 Å². The molecule has 14 heavy (non-hydrogen) atoms. The zero-order valence-electron chi connectivity index (χ0n) is 6.87. The maximum atomic E-state index is 9.21. The standard InChI is InChI=1S/C8H5BBrIO2S/c10-8-4-1-2-14-6(4)3-5(11)7(8)9(12)13/h1-3,12-13H. The Labute approximate surface area is 107 Å². The van der Waals surface area contributed by atoms with Gasteiger partial charge in [0.15, 0.2) is 0 Å². The van der Waals surface area contributed by atoms with Crippen LogP contribution in [0.25, 0.3) is 10.1 Å². The van der Waals surface area contributed by atoms with Crippen LogP contribution in [0.3, 0.4) is 0 Å². The van der Waals surface area contributed by atoms with E-state index in [0.717, 1.165) is 18.1 Å². The Kier molecular flexibility index (Phi) is 3.18. The molecule has 2 aromatic rings. The highest BCUT2D eigenvalue weighted by molar-refractivity contribution is 14.1. The average molecular weight is 383 g/mol. The predicted molar refractivity (Wildman–Crippen MR) is 72.1 cm³/mol. The largest absolute Gasteiger partial charge is 0.490 e. The molecule has 1 aromatic heterocycles. The Hall–Kier alpha value is 0.375. The minimum atomic E-state index is -1.43. The fourth-order valence-corrected chi connectivity index (χ4v) is 4.46. The number of thiophene rings is 1. The Morgan fingerprint density at radius 2 is 2.14 bits per heavy atom. The molecule has 1 heterocycles. The molecule has 0 bridgehead atoms. The van der Waals surface area contributed by atoms with Gasteiger partial charge in [0.25, 0.3) is 0 Å². The van der Waals surface area contributed by atoms with E-state index in [2.05, 4.69) is 38.5 Å². The SMILES string of the molecule is OB(O)c1c(I)cc2sccc2c1Br. The molecule has 0 aliphatic carbocycles. The molecule has 0 atom stereocenters. The Bertz CT molecular complexity index is 485. The fourth-order valence-electron chi connectivity index (χ4n) is 1.29. The van der Waals surface area contributed by atoms with Gasteiger partial charge in [0.2, 0.25) is 0 Å². The topological polar surface area (TPSA) is 40.5 Å². The van der Waals surface area contributed by atoms with Crippen LogP contribution in [-0.4, -0.2) is 17.2 Å². The van der Waals surface area contributed by atoms with Gasteiger partial charge >= 0.3 is 7.12 Å². The zero-order chi connectivity index (χ0) is 10.3. The zero-order valence-corrected chi connectivity index (χ0v) is 11.4. The van der Waals surface area contributed by atoms with Crippen LogP contribution in [0.4, 0.5) is 0 Å². The lowest BCUT2D eigenvalue weighted by Gasteiger charge is -2.07. The van der Waals surface area contributed by atoms with Crippen molar-refractivity contribution in [1.29, 1.82) is 0 Å². The second kappa shape index (κ2) is 4.09. The molecule has 0 aliphatic rings. The maximum Gasteiger partial charge on any atom is 0.490 e. The predicted octanol–water partition coefficient (Wildman–Crippen LogP) is 1.95. The van der Waals surface area contributed by atoms with Crippen molar-refractivity contribution in [3.05, 3.63) is 25.6 Å². The van der Waals surface area contributed by atoms with E-state index in [1.165, 1.54) is 0 Å². The van der Waals surface area contributed by atoms with E-state index in [0.29, 0.717) is 5.46 Å². The second-order valence-corrected chi connectivity index (χ2v) is 5.70. The molecule has 0 amide bonds. The number of rotatable bonds is 1. The second-order valence-electron chi connectivity index (χ2n) is 2.79. The van der Waals surface area contributed by atoms with Crippen molar-refractivity contribution < 1.29 is 10.0 Å². The summed E-state index contributed by atoms with van der Waals surface area (Å²) in [6.07, 6.45) is 0. The first-order valence-electron chi connectivity index (χ1n) is 3.82. The molecule has 1 aromatic carbocycles. The summed E-state index contributed by atoms with van der Waals surface area (Å²) in [7, 11) is -1.43. The van der Waals surface area contributed by atoms with E-state index >= 15 is 0 Å². The van der Waals surface area contributed by atoms with Crippen LogP contribution in [0, 0.1) is 3.57 Å². The Morgan fingerprint density at radius 3 is 2.79 bits per heavy atom. The molecule has 0 unspecified atom stereocenters. The summed E-state index contributed by atoms with van der Waals surface area (Å²) >= 11 is 7.14. The molecule has 0 saturated carbocycles.